The van der Waals surface area contributed by atoms with E-state index in [2.05, 4.69) is 29.9 Å². The standard InChI is InChI=1S/C23H27N9O12P2/c1-8-29-20-12(21(35)30-8)28-7-32(20)22-16-14(33)10(42-22)3-40-45(36,37)44-17-15(34)13(9-2-23(9,17)4-41-46(38,39)43-16)31-6-27-11-18(24)25-5-26-19(11)31/h5-7,9-10,13-17,22,33-34H,2-4H2,1H3,(H,36,37)(H,38,39)(H2,24,25,26)(H,29,30,35)/t9-,10-,13-,14-,15+,16-,17+,22-,23+/m1/s1. The van der Waals surface area contributed by atoms with Crippen LogP contribution in [0.3, 0.4) is 0 Å². The second-order valence-corrected chi connectivity index (χ2v) is 14.6. The zero-order chi connectivity index (χ0) is 32.3. The number of phosphoric ester groups is 2. The Morgan fingerprint density at radius 1 is 1.00 bits per heavy atom. The molecule has 23 heteroatoms. The number of H-pyrrole nitrogens is 1. The molecule has 6 heterocycles. The van der Waals surface area contributed by atoms with Gasteiger partial charge >= 0.3 is 15.6 Å². The van der Waals surface area contributed by atoms with Crippen LogP contribution in [0.2, 0.25) is 0 Å². The first-order chi connectivity index (χ1) is 21.8. The highest BCUT2D eigenvalue weighted by Crippen LogP contribution is 2.72. The van der Waals surface area contributed by atoms with E-state index in [0.717, 1.165) is 0 Å². The molecule has 2 saturated carbocycles. The normalized spacial score (nSPS) is 41.1. The number of nitrogen functional groups attached to an aromatic ring is 1. The van der Waals surface area contributed by atoms with E-state index in [-0.39, 0.29) is 34.7 Å². The summed E-state index contributed by atoms with van der Waals surface area (Å²) < 4.78 is 57.0. The molecule has 21 nitrogen and oxygen atoms in total. The lowest BCUT2D eigenvalue weighted by Crippen LogP contribution is -2.38. The number of imidazole rings is 2. The van der Waals surface area contributed by atoms with Crippen molar-refractivity contribution in [3.05, 3.63) is 35.2 Å². The lowest BCUT2D eigenvalue weighted by atomic mass is 10.0. The number of aromatic nitrogens is 8. The minimum Gasteiger partial charge on any atom is -0.388 e. The van der Waals surface area contributed by atoms with Gasteiger partial charge in [0.05, 0.1) is 31.9 Å². The third-order valence-electron chi connectivity index (χ3n) is 9.06. The third kappa shape index (κ3) is 4.58. The number of nitrogens with one attached hydrogen (secondary N) is 1. The fourth-order valence-corrected chi connectivity index (χ4v) is 8.92. The van der Waals surface area contributed by atoms with Crippen LogP contribution in [-0.2, 0) is 32.0 Å². The van der Waals surface area contributed by atoms with Gasteiger partial charge in [-0.2, -0.15) is 0 Å². The highest BCUT2D eigenvalue weighted by Gasteiger charge is 2.74. The number of aryl methyl sites for hydroxylation is 1. The monoisotopic (exact) mass is 683 g/mol. The number of aliphatic hydroxyl groups is 2. The first kappa shape index (κ1) is 30.2. The smallest absolute Gasteiger partial charge is 0.388 e. The van der Waals surface area contributed by atoms with Crippen LogP contribution in [0, 0.1) is 18.3 Å². The van der Waals surface area contributed by atoms with Crippen molar-refractivity contribution in [2.75, 3.05) is 18.9 Å². The number of fused-ring (bicyclic) bond motifs is 4. The van der Waals surface area contributed by atoms with Crippen LogP contribution in [0.4, 0.5) is 5.82 Å². The number of rotatable bonds is 2. The Kier molecular flexibility index (Phi) is 6.65. The third-order valence-corrected chi connectivity index (χ3v) is 11.0. The van der Waals surface area contributed by atoms with Crippen molar-refractivity contribution in [1.29, 1.82) is 0 Å². The van der Waals surface area contributed by atoms with Crippen LogP contribution in [0.15, 0.2) is 23.8 Å². The van der Waals surface area contributed by atoms with E-state index in [1.807, 2.05) is 0 Å². The summed E-state index contributed by atoms with van der Waals surface area (Å²) in [5.74, 6) is -0.167. The Labute approximate surface area is 256 Å². The van der Waals surface area contributed by atoms with Crippen molar-refractivity contribution in [3.63, 3.8) is 0 Å². The number of hydrogen-bond donors (Lipinski definition) is 6. The summed E-state index contributed by atoms with van der Waals surface area (Å²) >= 11 is 0. The number of aliphatic hydroxyl groups excluding tert-OH is 2. The van der Waals surface area contributed by atoms with E-state index in [9.17, 15) is 33.9 Å². The van der Waals surface area contributed by atoms with Gasteiger partial charge in [0.15, 0.2) is 28.9 Å². The summed E-state index contributed by atoms with van der Waals surface area (Å²) in [6, 6.07) is -0.820. The Hall–Kier alpha value is -3.20. The molecule has 11 atom stereocenters. The molecular weight excluding hydrogens is 656 g/mol. The molecule has 4 fully saturated rings. The van der Waals surface area contributed by atoms with Crippen LogP contribution in [0.25, 0.3) is 22.3 Å². The van der Waals surface area contributed by atoms with Gasteiger partial charge < -0.3 is 40.0 Å². The summed E-state index contributed by atoms with van der Waals surface area (Å²) in [7, 11) is -10.0. The van der Waals surface area contributed by atoms with Gasteiger partial charge in [-0.25, -0.2) is 34.0 Å². The van der Waals surface area contributed by atoms with E-state index >= 15 is 0 Å². The average molecular weight is 683 g/mol. The van der Waals surface area contributed by atoms with Crippen LogP contribution in [0.5, 0.6) is 0 Å². The predicted molar refractivity (Wildman–Crippen MR) is 149 cm³/mol. The zero-order valence-corrected chi connectivity index (χ0v) is 25.4. The van der Waals surface area contributed by atoms with Crippen LogP contribution in [-0.4, -0.2) is 103 Å². The van der Waals surface area contributed by atoms with Crippen molar-refractivity contribution >= 4 is 43.8 Å². The number of hydrogen-bond acceptors (Lipinski definition) is 16. The SMILES string of the molecule is Cc1nc2c(ncn2[C@@H]2O[C@@H]3COP(=O)(O)O[C@H]4[C@@H](O)[C@H](n5cnc6c(N)ncnc65)[C@H]5C[C@]54COP(=O)(O)O[C@@H]2[C@@H]3O)c(=O)[nH]1. The number of ether oxygens (including phenoxy) is 1. The molecule has 8 rings (SSSR count). The Balaban J connectivity index is 1.14. The molecule has 4 aromatic heterocycles. The van der Waals surface area contributed by atoms with Crippen LogP contribution >= 0.6 is 15.6 Å². The number of nitrogens with zero attached hydrogens (tertiary/aromatic N) is 7. The lowest BCUT2D eigenvalue weighted by molar-refractivity contribution is -0.0669. The van der Waals surface area contributed by atoms with E-state index < -0.39 is 88.5 Å². The molecule has 2 bridgehead atoms. The largest absolute Gasteiger partial charge is 0.472 e. The average Bonchev–Trinajstić information content (AvgIpc) is 3.26. The molecule has 0 radical (unpaired) electrons. The van der Waals surface area contributed by atoms with E-state index in [1.165, 1.54) is 30.5 Å². The van der Waals surface area contributed by atoms with Gasteiger partial charge in [0.25, 0.3) is 5.56 Å². The van der Waals surface area contributed by atoms with Crippen molar-refractivity contribution in [2.24, 2.45) is 11.3 Å². The first-order valence-corrected chi connectivity index (χ1v) is 17.0. The molecule has 2 aliphatic heterocycles. The number of aromatic amines is 1. The molecule has 0 aromatic carbocycles. The molecule has 4 aromatic rings. The highest BCUT2D eigenvalue weighted by atomic mass is 31.2. The van der Waals surface area contributed by atoms with Gasteiger partial charge in [-0.05, 0) is 19.3 Å². The minimum atomic E-state index is -5.02. The lowest BCUT2D eigenvalue weighted by Gasteiger charge is -2.30. The summed E-state index contributed by atoms with van der Waals surface area (Å²) in [6.45, 7) is 0.225. The molecule has 0 amide bonds. The van der Waals surface area contributed by atoms with Gasteiger partial charge in [0.2, 0.25) is 0 Å². The molecular formula is C23H27N9O12P2. The maximum Gasteiger partial charge on any atom is 0.472 e. The van der Waals surface area contributed by atoms with Gasteiger partial charge in [-0.3, -0.25) is 27.5 Å². The topological polar surface area (TPSA) is 294 Å². The Bertz CT molecular complexity index is 2040. The molecule has 7 N–H and O–H groups in total. The van der Waals surface area contributed by atoms with E-state index in [4.69, 9.17) is 28.6 Å². The van der Waals surface area contributed by atoms with E-state index in [0.29, 0.717) is 5.65 Å². The van der Waals surface area contributed by atoms with Crippen molar-refractivity contribution in [1.82, 2.24) is 39.0 Å². The minimum absolute atomic E-state index is 0.0205. The van der Waals surface area contributed by atoms with Crippen molar-refractivity contribution in [2.45, 2.75) is 56.1 Å². The number of phosphoric acid groups is 2. The van der Waals surface area contributed by atoms with Gasteiger partial charge in [-0.15, -0.1) is 0 Å². The maximum absolute atomic E-state index is 13.4. The molecule has 2 unspecified atom stereocenters. The molecule has 1 spiro atoms. The molecule has 4 aliphatic rings. The summed E-state index contributed by atoms with van der Waals surface area (Å²) in [6.07, 6.45) is -5.01. The van der Waals surface area contributed by atoms with Crippen LogP contribution in [0.1, 0.15) is 24.5 Å². The molecule has 46 heavy (non-hydrogen) atoms. The fourth-order valence-electron chi connectivity index (χ4n) is 6.90. The summed E-state index contributed by atoms with van der Waals surface area (Å²) in [5, 5.41) is 22.6. The Morgan fingerprint density at radius 2 is 1.74 bits per heavy atom. The predicted octanol–water partition coefficient (Wildman–Crippen LogP) is -0.952. The highest BCUT2D eigenvalue weighted by molar-refractivity contribution is 7.47. The number of anilines is 1. The quantitative estimate of drug-likeness (QED) is 0.139. The van der Waals surface area contributed by atoms with E-state index in [1.54, 1.807) is 4.57 Å². The molecule has 2 saturated heterocycles. The molecule has 2 aliphatic carbocycles. The van der Waals surface area contributed by atoms with Crippen molar-refractivity contribution in [3.8, 4) is 0 Å². The summed E-state index contributed by atoms with van der Waals surface area (Å²) in [4.78, 5) is 57.2. The zero-order valence-electron chi connectivity index (χ0n) is 23.6. The Morgan fingerprint density at radius 3 is 2.54 bits per heavy atom. The second-order valence-electron chi connectivity index (χ2n) is 11.7. The van der Waals surface area contributed by atoms with Crippen LogP contribution < -0.4 is 11.3 Å². The number of nitrogens with two attached hydrogens (primary N) is 1. The van der Waals surface area contributed by atoms with Gasteiger partial charge in [0.1, 0.15) is 48.2 Å². The first-order valence-electron chi connectivity index (χ1n) is 14.0. The summed E-state index contributed by atoms with van der Waals surface area (Å²) in [5.41, 5.74) is 4.63. The molecule has 246 valence electrons. The maximum atomic E-state index is 13.4. The van der Waals surface area contributed by atoms with Gasteiger partial charge in [0, 0.05) is 5.41 Å². The fraction of sp³-hybridized carbons (Fsp3) is 0.565. The van der Waals surface area contributed by atoms with Gasteiger partial charge in [-0.1, -0.05) is 0 Å². The second kappa shape index (κ2) is 10.1. The van der Waals surface area contributed by atoms with Crippen molar-refractivity contribution < 1.29 is 52.0 Å².